The van der Waals surface area contributed by atoms with E-state index in [-0.39, 0.29) is 23.3 Å². The SMILES string of the molecule is CCOc1ccc(-n2c(COc3ccccc3)nnc2SCC(=O)Nc2ccc(F)c(Cl)c2)cc1. The highest BCUT2D eigenvalue weighted by atomic mass is 35.5. The minimum absolute atomic E-state index is 0.0592. The van der Waals surface area contributed by atoms with E-state index < -0.39 is 5.82 Å². The van der Waals surface area contributed by atoms with Crippen molar-refractivity contribution in [2.45, 2.75) is 18.7 Å². The zero-order chi connectivity index (χ0) is 24.6. The van der Waals surface area contributed by atoms with Crippen molar-refractivity contribution in [2.75, 3.05) is 17.7 Å². The number of benzene rings is 3. The molecule has 1 N–H and O–H groups in total. The summed E-state index contributed by atoms with van der Waals surface area (Å²) >= 11 is 7.01. The van der Waals surface area contributed by atoms with E-state index in [4.69, 9.17) is 21.1 Å². The van der Waals surface area contributed by atoms with Gasteiger partial charge in [-0.25, -0.2) is 4.39 Å². The van der Waals surface area contributed by atoms with E-state index in [1.807, 2.05) is 66.1 Å². The number of aromatic nitrogens is 3. The van der Waals surface area contributed by atoms with Gasteiger partial charge in [-0.2, -0.15) is 0 Å². The number of carbonyl (C=O) groups is 1. The molecule has 10 heteroatoms. The Balaban J connectivity index is 1.51. The second-order valence-electron chi connectivity index (χ2n) is 7.23. The van der Waals surface area contributed by atoms with Crippen LogP contribution in [-0.2, 0) is 11.4 Å². The summed E-state index contributed by atoms with van der Waals surface area (Å²) in [6.45, 7) is 2.68. The fourth-order valence-electron chi connectivity index (χ4n) is 3.17. The van der Waals surface area contributed by atoms with E-state index in [1.54, 1.807) is 0 Å². The van der Waals surface area contributed by atoms with E-state index in [1.165, 1.54) is 30.0 Å². The Kier molecular flexibility index (Phi) is 8.23. The molecule has 4 rings (SSSR count). The van der Waals surface area contributed by atoms with Gasteiger partial charge in [0, 0.05) is 11.4 Å². The van der Waals surface area contributed by atoms with E-state index in [0.29, 0.717) is 29.0 Å². The first-order chi connectivity index (χ1) is 17.0. The first-order valence-electron chi connectivity index (χ1n) is 10.8. The molecule has 1 heterocycles. The summed E-state index contributed by atoms with van der Waals surface area (Å²) in [5, 5.41) is 11.7. The maximum Gasteiger partial charge on any atom is 0.234 e. The van der Waals surface area contributed by atoms with Gasteiger partial charge in [0.25, 0.3) is 0 Å². The summed E-state index contributed by atoms with van der Waals surface area (Å²) in [7, 11) is 0. The van der Waals surface area contributed by atoms with Crippen molar-refractivity contribution in [3.05, 3.63) is 89.5 Å². The molecule has 0 aliphatic carbocycles. The van der Waals surface area contributed by atoms with Crippen LogP contribution in [0.25, 0.3) is 5.69 Å². The Bertz CT molecular complexity index is 1290. The number of anilines is 1. The highest BCUT2D eigenvalue weighted by Crippen LogP contribution is 2.25. The molecule has 0 atom stereocenters. The summed E-state index contributed by atoms with van der Waals surface area (Å²) in [4.78, 5) is 12.5. The second kappa shape index (κ2) is 11.7. The number of thioether (sulfide) groups is 1. The third-order valence-corrected chi connectivity index (χ3v) is 5.97. The Labute approximate surface area is 211 Å². The molecule has 0 bridgehead atoms. The van der Waals surface area contributed by atoms with Crippen molar-refractivity contribution in [2.24, 2.45) is 0 Å². The van der Waals surface area contributed by atoms with Crippen LogP contribution in [0.4, 0.5) is 10.1 Å². The molecule has 0 radical (unpaired) electrons. The number of halogens is 2. The molecule has 1 amide bonds. The number of amides is 1. The lowest BCUT2D eigenvalue weighted by molar-refractivity contribution is -0.113. The average molecular weight is 513 g/mol. The molecule has 1 aromatic heterocycles. The lowest BCUT2D eigenvalue weighted by atomic mass is 10.3. The first kappa shape index (κ1) is 24.6. The maximum atomic E-state index is 13.4. The van der Waals surface area contributed by atoms with Crippen molar-refractivity contribution in [3.63, 3.8) is 0 Å². The van der Waals surface area contributed by atoms with Crippen LogP contribution >= 0.6 is 23.4 Å². The van der Waals surface area contributed by atoms with Crippen molar-refractivity contribution < 1.29 is 18.7 Å². The molecule has 0 spiro atoms. The quantitative estimate of drug-likeness (QED) is 0.272. The number of hydrogen-bond acceptors (Lipinski definition) is 6. The van der Waals surface area contributed by atoms with Gasteiger partial charge in [-0.15, -0.1) is 10.2 Å². The largest absolute Gasteiger partial charge is 0.494 e. The van der Waals surface area contributed by atoms with Crippen LogP contribution < -0.4 is 14.8 Å². The van der Waals surface area contributed by atoms with Crippen molar-refractivity contribution >= 4 is 35.0 Å². The van der Waals surface area contributed by atoms with E-state index in [2.05, 4.69) is 15.5 Å². The normalized spacial score (nSPS) is 10.7. The third kappa shape index (κ3) is 6.52. The van der Waals surface area contributed by atoms with Crippen LogP contribution in [0, 0.1) is 5.82 Å². The molecule has 7 nitrogen and oxygen atoms in total. The molecule has 0 fully saturated rings. The van der Waals surface area contributed by atoms with Gasteiger partial charge in [-0.3, -0.25) is 9.36 Å². The topological polar surface area (TPSA) is 78.3 Å². The van der Waals surface area contributed by atoms with E-state index in [9.17, 15) is 9.18 Å². The van der Waals surface area contributed by atoms with Crippen LogP contribution in [0.5, 0.6) is 11.5 Å². The van der Waals surface area contributed by atoms with Gasteiger partial charge >= 0.3 is 0 Å². The molecule has 0 unspecified atom stereocenters. The van der Waals surface area contributed by atoms with Gasteiger partial charge < -0.3 is 14.8 Å². The number of nitrogens with zero attached hydrogens (tertiary/aromatic N) is 3. The highest BCUT2D eigenvalue weighted by molar-refractivity contribution is 7.99. The first-order valence-corrected chi connectivity index (χ1v) is 12.1. The number of nitrogens with one attached hydrogen (secondary N) is 1. The smallest absolute Gasteiger partial charge is 0.234 e. The number of hydrogen-bond donors (Lipinski definition) is 1. The Morgan fingerprint density at radius 2 is 1.77 bits per heavy atom. The van der Waals surface area contributed by atoms with Gasteiger partial charge in [0.1, 0.15) is 23.9 Å². The van der Waals surface area contributed by atoms with Gasteiger partial charge in [0.05, 0.1) is 17.4 Å². The molecule has 0 saturated heterocycles. The van der Waals surface area contributed by atoms with Crippen molar-refractivity contribution in [3.8, 4) is 17.2 Å². The maximum absolute atomic E-state index is 13.4. The third-order valence-electron chi connectivity index (χ3n) is 4.75. The van der Waals surface area contributed by atoms with Crippen LogP contribution in [-0.4, -0.2) is 33.0 Å². The second-order valence-corrected chi connectivity index (χ2v) is 8.58. The lowest BCUT2D eigenvalue weighted by Crippen LogP contribution is -2.15. The van der Waals surface area contributed by atoms with Gasteiger partial charge in [-0.1, -0.05) is 41.6 Å². The molecular formula is C25H22ClFN4O3S. The molecule has 0 saturated carbocycles. The Morgan fingerprint density at radius 1 is 1.03 bits per heavy atom. The zero-order valence-electron chi connectivity index (χ0n) is 18.8. The Hall–Kier alpha value is -3.56. The predicted octanol–water partition coefficient (Wildman–Crippen LogP) is 5.77. The zero-order valence-corrected chi connectivity index (χ0v) is 20.4. The van der Waals surface area contributed by atoms with E-state index in [0.717, 1.165) is 11.4 Å². The monoisotopic (exact) mass is 512 g/mol. The average Bonchev–Trinajstić information content (AvgIpc) is 3.28. The summed E-state index contributed by atoms with van der Waals surface area (Å²) in [6.07, 6.45) is 0. The molecule has 0 aliphatic heterocycles. The molecular weight excluding hydrogens is 491 g/mol. The van der Waals surface area contributed by atoms with Gasteiger partial charge in [0.15, 0.2) is 11.0 Å². The fourth-order valence-corrected chi connectivity index (χ4v) is 4.12. The van der Waals surface area contributed by atoms with Crippen LogP contribution in [0.1, 0.15) is 12.7 Å². The lowest BCUT2D eigenvalue weighted by Gasteiger charge is -2.12. The van der Waals surface area contributed by atoms with Crippen LogP contribution in [0.2, 0.25) is 5.02 Å². The standard InChI is InChI=1S/C25H22ClFN4O3S/c1-2-33-20-11-9-18(10-12-20)31-23(15-34-19-6-4-3-5-7-19)29-30-25(31)35-16-24(32)28-17-8-13-22(27)21(26)14-17/h3-14H,2,15-16H2,1H3,(H,28,32). The van der Waals surface area contributed by atoms with Gasteiger partial charge in [-0.05, 0) is 61.5 Å². The summed E-state index contributed by atoms with van der Waals surface area (Å²) in [5.74, 6) is 1.25. The van der Waals surface area contributed by atoms with Gasteiger partial charge in [0.2, 0.25) is 5.91 Å². The van der Waals surface area contributed by atoms with Crippen LogP contribution in [0.3, 0.4) is 0 Å². The molecule has 35 heavy (non-hydrogen) atoms. The number of rotatable bonds is 10. The fraction of sp³-hybridized carbons (Fsp3) is 0.160. The molecule has 0 aliphatic rings. The highest BCUT2D eigenvalue weighted by Gasteiger charge is 2.17. The minimum Gasteiger partial charge on any atom is -0.494 e. The van der Waals surface area contributed by atoms with Crippen molar-refractivity contribution in [1.82, 2.24) is 14.8 Å². The Morgan fingerprint density at radius 3 is 2.49 bits per heavy atom. The number of ether oxygens (including phenoxy) is 2. The molecule has 4 aromatic rings. The summed E-state index contributed by atoms with van der Waals surface area (Å²) in [5.41, 5.74) is 1.21. The summed E-state index contributed by atoms with van der Waals surface area (Å²) < 4.78 is 26.6. The summed E-state index contributed by atoms with van der Waals surface area (Å²) in [6, 6.07) is 20.9. The predicted molar refractivity (Wildman–Crippen MR) is 134 cm³/mol. The minimum atomic E-state index is -0.548. The number of carbonyl (C=O) groups excluding carboxylic acids is 1. The number of para-hydroxylation sites is 1. The van der Waals surface area contributed by atoms with Crippen molar-refractivity contribution in [1.29, 1.82) is 0 Å². The molecule has 180 valence electrons. The molecule has 3 aromatic carbocycles. The van der Waals surface area contributed by atoms with E-state index >= 15 is 0 Å². The van der Waals surface area contributed by atoms with Crippen LogP contribution in [0.15, 0.2) is 78.0 Å².